The largest absolute Gasteiger partial charge is 0.508 e. The molecule has 142 valence electrons. The third kappa shape index (κ3) is 4.68. The Balaban J connectivity index is 1.60. The number of aromatic hydroxyl groups is 1. The lowest BCUT2D eigenvalue weighted by Crippen LogP contribution is -2.49. The van der Waals surface area contributed by atoms with Crippen molar-refractivity contribution in [2.75, 3.05) is 13.1 Å². The number of phenols is 1. The molecule has 3 N–H and O–H groups in total. The highest BCUT2D eigenvalue weighted by molar-refractivity contribution is 5.75. The summed E-state index contributed by atoms with van der Waals surface area (Å²) >= 11 is 0. The molecule has 0 radical (unpaired) electrons. The minimum atomic E-state index is -0.161. The molecule has 1 aliphatic carbocycles. The first-order valence-corrected chi connectivity index (χ1v) is 9.64. The van der Waals surface area contributed by atoms with E-state index < -0.39 is 0 Å². The molecule has 3 rings (SSSR count). The average Bonchev–Trinajstić information content (AvgIpc) is 3.14. The molecule has 0 bridgehead atoms. The summed E-state index contributed by atoms with van der Waals surface area (Å²) in [7, 11) is 0. The second-order valence-corrected chi connectivity index (χ2v) is 7.52. The van der Waals surface area contributed by atoms with Gasteiger partial charge in [0.2, 0.25) is 5.91 Å². The highest BCUT2D eigenvalue weighted by Gasteiger charge is 2.29. The van der Waals surface area contributed by atoms with Crippen LogP contribution < -0.4 is 10.6 Å². The molecule has 2 aliphatic rings. The Bertz CT molecular complexity index is 635. The highest BCUT2D eigenvalue weighted by Crippen LogP contribution is 2.36. The van der Waals surface area contributed by atoms with Crippen molar-refractivity contribution in [3.63, 3.8) is 0 Å². The number of hydrogen-bond acceptors (Lipinski definition) is 3. The fraction of sp³-hybridized carbons (Fsp3) is 0.600. The van der Waals surface area contributed by atoms with E-state index in [0.717, 1.165) is 31.2 Å². The molecule has 1 saturated heterocycles. The summed E-state index contributed by atoms with van der Waals surface area (Å²) in [4.78, 5) is 25.8. The van der Waals surface area contributed by atoms with Crippen LogP contribution in [0.25, 0.3) is 0 Å². The maximum absolute atomic E-state index is 12.6. The van der Waals surface area contributed by atoms with Crippen molar-refractivity contribution >= 4 is 11.9 Å². The zero-order chi connectivity index (χ0) is 18.5. The number of amides is 3. The number of carbonyl (C=O) groups is 2. The summed E-state index contributed by atoms with van der Waals surface area (Å²) in [6, 6.07) is 7.04. The minimum absolute atomic E-state index is 0.0816. The van der Waals surface area contributed by atoms with Crippen molar-refractivity contribution < 1.29 is 14.7 Å². The molecule has 1 atom stereocenters. The summed E-state index contributed by atoms with van der Waals surface area (Å²) < 4.78 is 0. The monoisotopic (exact) mass is 359 g/mol. The lowest BCUT2D eigenvalue weighted by atomic mass is 9.91. The van der Waals surface area contributed by atoms with Gasteiger partial charge in [-0.3, -0.25) is 4.79 Å². The van der Waals surface area contributed by atoms with Crippen LogP contribution >= 0.6 is 0 Å². The van der Waals surface area contributed by atoms with Gasteiger partial charge in [0.15, 0.2) is 0 Å². The second kappa shape index (κ2) is 8.43. The van der Waals surface area contributed by atoms with Gasteiger partial charge in [-0.1, -0.05) is 25.0 Å². The summed E-state index contributed by atoms with van der Waals surface area (Å²) in [5.41, 5.74) is 0.957. The summed E-state index contributed by atoms with van der Waals surface area (Å²) in [5.74, 6) is 0.726. The van der Waals surface area contributed by atoms with Crippen LogP contribution in [0.5, 0.6) is 5.75 Å². The first-order chi connectivity index (χ1) is 12.5. The van der Waals surface area contributed by atoms with Crippen molar-refractivity contribution in [3.8, 4) is 5.75 Å². The van der Waals surface area contributed by atoms with Crippen molar-refractivity contribution in [1.82, 2.24) is 15.5 Å². The van der Waals surface area contributed by atoms with E-state index in [-0.39, 0.29) is 29.8 Å². The highest BCUT2D eigenvalue weighted by atomic mass is 16.3. The Kier molecular flexibility index (Phi) is 6.01. The molecular weight excluding hydrogens is 330 g/mol. The quantitative estimate of drug-likeness (QED) is 0.773. The minimum Gasteiger partial charge on any atom is -0.508 e. The SMILES string of the molecule is CC(=O)N1CCC(NC(=O)N[C@H](c2cccc(O)c2)C2CCCC2)CC1. The van der Waals surface area contributed by atoms with Crippen molar-refractivity contribution in [2.45, 2.75) is 57.5 Å². The van der Waals surface area contributed by atoms with Crippen molar-refractivity contribution in [3.05, 3.63) is 29.8 Å². The first kappa shape index (κ1) is 18.5. The summed E-state index contributed by atoms with van der Waals surface area (Å²) in [6.45, 7) is 2.97. The van der Waals surface area contributed by atoms with Gasteiger partial charge in [-0.25, -0.2) is 4.79 Å². The smallest absolute Gasteiger partial charge is 0.315 e. The van der Waals surface area contributed by atoms with Gasteiger partial charge in [-0.2, -0.15) is 0 Å². The molecule has 1 aromatic carbocycles. The van der Waals surface area contributed by atoms with Crippen LogP contribution in [0.15, 0.2) is 24.3 Å². The summed E-state index contributed by atoms with van der Waals surface area (Å²) in [5, 5.41) is 16.0. The van der Waals surface area contributed by atoms with Gasteiger partial charge in [0.25, 0.3) is 0 Å². The maximum atomic E-state index is 12.6. The van der Waals surface area contributed by atoms with Crippen molar-refractivity contribution in [1.29, 1.82) is 0 Å². The average molecular weight is 359 g/mol. The van der Waals surface area contributed by atoms with E-state index in [0.29, 0.717) is 19.0 Å². The molecule has 1 heterocycles. The van der Waals surface area contributed by atoms with Crippen LogP contribution in [-0.2, 0) is 4.79 Å². The first-order valence-electron chi connectivity index (χ1n) is 9.64. The molecule has 26 heavy (non-hydrogen) atoms. The Morgan fingerprint density at radius 2 is 1.85 bits per heavy atom. The van der Waals surface area contributed by atoms with Crippen LogP contribution in [0.4, 0.5) is 4.79 Å². The number of urea groups is 1. The fourth-order valence-electron chi connectivity index (χ4n) is 4.19. The number of hydrogen-bond donors (Lipinski definition) is 3. The molecular formula is C20H29N3O3. The molecule has 1 aliphatic heterocycles. The second-order valence-electron chi connectivity index (χ2n) is 7.52. The topological polar surface area (TPSA) is 81.7 Å². The normalized spacial score (nSPS) is 20.0. The van der Waals surface area contributed by atoms with Gasteiger partial charge in [-0.15, -0.1) is 0 Å². The van der Waals surface area contributed by atoms with E-state index in [1.807, 2.05) is 17.0 Å². The number of phenolic OH excluding ortho intramolecular Hbond substituents is 1. The number of likely N-dealkylation sites (tertiary alicyclic amines) is 1. The zero-order valence-electron chi connectivity index (χ0n) is 15.4. The van der Waals surface area contributed by atoms with Gasteiger partial charge in [0.1, 0.15) is 5.75 Å². The predicted octanol–water partition coefficient (Wildman–Crippen LogP) is 2.93. The third-order valence-corrected chi connectivity index (χ3v) is 5.66. The third-order valence-electron chi connectivity index (χ3n) is 5.66. The number of nitrogens with one attached hydrogen (secondary N) is 2. The molecule has 0 spiro atoms. The molecule has 0 unspecified atom stereocenters. The predicted molar refractivity (Wildman–Crippen MR) is 99.7 cm³/mol. The molecule has 6 heteroatoms. The summed E-state index contributed by atoms with van der Waals surface area (Å²) in [6.07, 6.45) is 6.13. The number of nitrogens with zero attached hydrogens (tertiary/aromatic N) is 1. The molecule has 1 aromatic rings. The zero-order valence-corrected chi connectivity index (χ0v) is 15.4. The molecule has 2 fully saturated rings. The van der Waals surface area contributed by atoms with Crippen LogP contribution in [0.1, 0.15) is 57.1 Å². The van der Waals surface area contributed by atoms with Crippen molar-refractivity contribution in [2.24, 2.45) is 5.92 Å². The lowest BCUT2D eigenvalue weighted by Gasteiger charge is -2.32. The Morgan fingerprint density at radius 3 is 2.46 bits per heavy atom. The van der Waals surface area contributed by atoms with E-state index in [1.54, 1.807) is 19.1 Å². The van der Waals surface area contributed by atoms with Crippen LogP contribution in [-0.4, -0.2) is 41.1 Å². The van der Waals surface area contributed by atoms with E-state index in [9.17, 15) is 14.7 Å². The lowest BCUT2D eigenvalue weighted by molar-refractivity contribution is -0.129. The maximum Gasteiger partial charge on any atom is 0.315 e. The van der Waals surface area contributed by atoms with Gasteiger partial charge in [0.05, 0.1) is 6.04 Å². The van der Waals surface area contributed by atoms with Crippen LogP contribution in [0.3, 0.4) is 0 Å². The van der Waals surface area contributed by atoms with Gasteiger partial charge in [-0.05, 0) is 49.3 Å². The fourth-order valence-corrected chi connectivity index (χ4v) is 4.19. The Labute approximate surface area is 155 Å². The number of benzene rings is 1. The molecule has 3 amide bonds. The molecule has 0 aromatic heterocycles. The van der Waals surface area contributed by atoms with E-state index in [1.165, 1.54) is 12.8 Å². The van der Waals surface area contributed by atoms with Gasteiger partial charge < -0.3 is 20.6 Å². The van der Waals surface area contributed by atoms with Crippen LogP contribution in [0, 0.1) is 5.92 Å². The molecule has 1 saturated carbocycles. The van der Waals surface area contributed by atoms with E-state index in [2.05, 4.69) is 10.6 Å². The number of rotatable bonds is 4. The van der Waals surface area contributed by atoms with Crippen LogP contribution in [0.2, 0.25) is 0 Å². The number of carbonyl (C=O) groups excluding carboxylic acids is 2. The standard InChI is InChI=1S/C20H29N3O3/c1-14(24)23-11-9-17(10-12-23)21-20(26)22-19(15-5-2-3-6-15)16-7-4-8-18(25)13-16/h4,7-8,13,15,17,19,25H,2-3,5-6,9-12H2,1H3,(H2,21,22,26)/t19-/m0/s1. The Hall–Kier alpha value is -2.24. The van der Waals surface area contributed by atoms with Gasteiger partial charge in [0, 0.05) is 26.1 Å². The molecule has 6 nitrogen and oxygen atoms in total. The number of piperidine rings is 1. The van der Waals surface area contributed by atoms with E-state index in [4.69, 9.17) is 0 Å². The van der Waals surface area contributed by atoms with Gasteiger partial charge >= 0.3 is 6.03 Å². The van der Waals surface area contributed by atoms with E-state index >= 15 is 0 Å². The Morgan fingerprint density at radius 1 is 1.15 bits per heavy atom.